The second kappa shape index (κ2) is 4.76. The van der Waals surface area contributed by atoms with E-state index in [-0.39, 0.29) is 19.3 Å². The second-order valence-electron chi connectivity index (χ2n) is 6.24. The van der Waals surface area contributed by atoms with Crippen LogP contribution in [0.15, 0.2) is 47.3 Å². The molecule has 0 saturated carbocycles. The smallest absolute Gasteiger partial charge is 0.231 e. The summed E-state index contributed by atoms with van der Waals surface area (Å²) < 4.78 is 27.5. The molecule has 0 atom stereocenters. The molecule has 128 valence electrons. The van der Waals surface area contributed by atoms with Crippen LogP contribution in [0.25, 0.3) is 32.7 Å². The number of fused-ring (bicyclic) bond motifs is 5. The molecule has 1 aromatic heterocycles. The highest BCUT2D eigenvalue weighted by Crippen LogP contribution is 2.49. The van der Waals surface area contributed by atoms with Crippen LogP contribution in [0.4, 0.5) is 0 Å². The molecular weight excluding hydrogens is 336 g/mol. The van der Waals surface area contributed by atoms with Gasteiger partial charge in [-0.3, -0.25) is 0 Å². The molecule has 4 aromatic rings. The molecule has 6 heteroatoms. The molecular formula is C20H12O6. The molecule has 3 heterocycles. The normalized spacial score (nSPS) is 14.5. The number of hydrogen-bond donors (Lipinski definition) is 1. The van der Waals surface area contributed by atoms with Crippen molar-refractivity contribution in [2.75, 3.05) is 13.6 Å². The van der Waals surface area contributed by atoms with Crippen LogP contribution < -0.4 is 18.9 Å². The molecule has 2 aliphatic rings. The summed E-state index contributed by atoms with van der Waals surface area (Å²) in [5.41, 5.74) is 1.80. The van der Waals surface area contributed by atoms with Crippen molar-refractivity contribution >= 4 is 21.5 Å². The predicted octanol–water partition coefficient (Wildman–Crippen LogP) is 4.42. The lowest BCUT2D eigenvalue weighted by molar-refractivity contribution is 0.106. The molecule has 0 saturated heterocycles. The third-order valence-corrected chi connectivity index (χ3v) is 4.89. The first-order valence-electron chi connectivity index (χ1n) is 8.14. The number of aromatic hydroxyl groups is 1. The Kier molecular flexibility index (Phi) is 2.51. The summed E-state index contributed by atoms with van der Waals surface area (Å²) in [6, 6.07) is 9.40. The fraction of sp³-hybridized carbons (Fsp3) is 0.100. The van der Waals surface area contributed by atoms with E-state index in [0.29, 0.717) is 22.3 Å². The quantitative estimate of drug-likeness (QED) is 0.549. The molecule has 2 aliphatic heterocycles. The van der Waals surface area contributed by atoms with Crippen molar-refractivity contribution in [3.8, 4) is 39.9 Å². The summed E-state index contributed by atoms with van der Waals surface area (Å²) in [6.07, 6.45) is 3.18. The zero-order valence-electron chi connectivity index (χ0n) is 13.4. The molecule has 0 fully saturated rings. The average molecular weight is 348 g/mol. The zero-order valence-corrected chi connectivity index (χ0v) is 13.4. The monoisotopic (exact) mass is 348 g/mol. The highest BCUT2D eigenvalue weighted by atomic mass is 16.7. The lowest BCUT2D eigenvalue weighted by atomic mass is 9.92. The average Bonchev–Trinajstić information content (AvgIpc) is 3.31. The first-order chi connectivity index (χ1) is 12.8. The summed E-state index contributed by atoms with van der Waals surface area (Å²) in [5, 5.41) is 13.7. The molecule has 26 heavy (non-hydrogen) atoms. The maximum absolute atomic E-state index is 10.8. The minimum absolute atomic E-state index is 0.153. The summed E-state index contributed by atoms with van der Waals surface area (Å²) in [5.74, 6) is 2.90. The summed E-state index contributed by atoms with van der Waals surface area (Å²) in [4.78, 5) is 0. The predicted molar refractivity (Wildman–Crippen MR) is 93.1 cm³/mol. The van der Waals surface area contributed by atoms with Crippen molar-refractivity contribution in [3.63, 3.8) is 0 Å². The van der Waals surface area contributed by atoms with E-state index < -0.39 is 0 Å². The minimum Gasteiger partial charge on any atom is -0.507 e. The molecule has 3 aromatic carbocycles. The van der Waals surface area contributed by atoms with Gasteiger partial charge < -0.3 is 28.5 Å². The van der Waals surface area contributed by atoms with Gasteiger partial charge in [-0.25, -0.2) is 0 Å². The Hall–Kier alpha value is -3.54. The molecule has 0 unspecified atom stereocenters. The third-order valence-electron chi connectivity index (χ3n) is 4.89. The number of furan rings is 1. The van der Waals surface area contributed by atoms with Crippen molar-refractivity contribution < 1.29 is 28.5 Å². The van der Waals surface area contributed by atoms with E-state index in [1.165, 1.54) is 0 Å². The molecule has 6 rings (SSSR count). The summed E-state index contributed by atoms with van der Waals surface area (Å²) >= 11 is 0. The number of rotatable bonds is 1. The van der Waals surface area contributed by atoms with Crippen LogP contribution >= 0.6 is 0 Å². The van der Waals surface area contributed by atoms with Gasteiger partial charge in [0.2, 0.25) is 13.6 Å². The SMILES string of the molecule is Oc1c2cocc2c(-c2ccc3cc2OCO3)c2cc3c(cc12)OCO3. The number of ether oxygens (including phenoxy) is 4. The Morgan fingerprint density at radius 3 is 2.31 bits per heavy atom. The maximum atomic E-state index is 10.8. The number of phenols is 1. The van der Waals surface area contributed by atoms with Crippen LogP contribution in [-0.2, 0) is 0 Å². The van der Waals surface area contributed by atoms with Crippen LogP contribution in [0.2, 0.25) is 0 Å². The number of phenolic OH excluding ortho intramolecular Hbond substituents is 1. The summed E-state index contributed by atoms with van der Waals surface area (Å²) in [6.45, 7) is 0.342. The van der Waals surface area contributed by atoms with E-state index in [4.69, 9.17) is 23.4 Å². The lowest BCUT2D eigenvalue weighted by Gasteiger charge is -2.20. The zero-order chi connectivity index (χ0) is 17.3. The lowest BCUT2D eigenvalue weighted by Crippen LogP contribution is -2.11. The van der Waals surface area contributed by atoms with Gasteiger partial charge in [-0.1, -0.05) is 0 Å². The number of benzene rings is 3. The fourth-order valence-electron chi connectivity index (χ4n) is 3.68. The maximum Gasteiger partial charge on any atom is 0.231 e. The second-order valence-corrected chi connectivity index (χ2v) is 6.24. The van der Waals surface area contributed by atoms with E-state index in [9.17, 15) is 5.11 Å². The van der Waals surface area contributed by atoms with E-state index >= 15 is 0 Å². The van der Waals surface area contributed by atoms with Crippen molar-refractivity contribution in [1.29, 1.82) is 0 Å². The van der Waals surface area contributed by atoms with E-state index in [2.05, 4.69) is 0 Å². The summed E-state index contributed by atoms with van der Waals surface area (Å²) in [7, 11) is 0. The van der Waals surface area contributed by atoms with Gasteiger partial charge >= 0.3 is 0 Å². The molecule has 2 bridgehead atoms. The minimum atomic E-state index is 0.153. The Bertz CT molecular complexity index is 1210. The fourth-order valence-corrected chi connectivity index (χ4v) is 3.68. The van der Waals surface area contributed by atoms with Crippen molar-refractivity contribution in [2.24, 2.45) is 0 Å². The van der Waals surface area contributed by atoms with Crippen molar-refractivity contribution in [2.45, 2.75) is 0 Å². The van der Waals surface area contributed by atoms with Crippen LogP contribution in [0.3, 0.4) is 0 Å². The molecule has 0 amide bonds. The Labute approximate surface area is 147 Å². The van der Waals surface area contributed by atoms with Gasteiger partial charge in [-0.05, 0) is 29.7 Å². The van der Waals surface area contributed by atoms with Crippen LogP contribution in [0, 0.1) is 0 Å². The Morgan fingerprint density at radius 2 is 1.42 bits per heavy atom. The third kappa shape index (κ3) is 1.70. The highest BCUT2D eigenvalue weighted by molar-refractivity contribution is 6.17. The Balaban J connectivity index is 1.79. The van der Waals surface area contributed by atoms with E-state index in [1.54, 1.807) is 18.6 Å². The van der Waals surface area contributed by atoms with E-state index in [1.807, 2.05) is 24.3 Å². The first kappa shape index (κ1) is 13.7. The van der Waals surface area contributed by atoms with Gasteiger partial charge in [-0.2, -0.15) is 0 Å². The first-order valence-corrected chi connectivity index (χ1v) is 8.14. The molecule has 6 nitrogen and oxygen atoms in total. The van der Waals surface area contributed by atoms with Gasteiger partial charge in [0.05, 0.1) is 11.6 Å². The van der Waals surface area contributed by atoms with Crippen LogP contribution in [-0.4, -0.2) is 18.7 Å². The van der Waals surface area contributed by atoms with Crippen molar-refractivity contribution in [1.82, 2.24) is 0 Å². The Morgan fingerprint density at radius 1 is 0.692 bits per heavy atom. The van der Waals surface area contributed by atoms with E-state index in [0.717, 1.165) is 33.4 Å². The molecule has 0 spiro atoms. The van der Waals surface area contributed by atoms with Gasteiger partial charge in [-0.15, -0.1) is 0 Å². The highest BCUT2D eigenvalue weighted by Gasteiger charge is 2.24. The van der Waals surface area contributed by atoms with Gasteiger partial charge in [0.25, 0.3) is 0 Å². The van der Waals surface area contributed by atoms with Gasteiger partial charge in [0.15, 0.2) is 11.5 Å². The van der Waals surface area contributed by atoms with Gasteiger partial charge in [0, 0.05) is 28.0 Å². The molecule has 1 N–H and O–H groups in total. The van der Waals surface area contributed by atoms with Crippen molar-refractivity contribution in [3.05, 3.63) is 42.9 Å². The van der Waals surface area contributed by atoms with Crippen LogP contribution in [0.1, 0.15) is 0 Å². The molecule has 0 radical (unpaired) electrons. The van der Waals surface area contributed by atoms with Gasteiger partial charge in [0.1, 0.15) is 23.5 Å². The largest absolute Gasteiger partial charge is 0.507 e. The standard InChI is InChI=1S/C20H12O6/c21-20-13-5-18-17(25-9-26-18)4-12(13)19(14-6-22-7-15(14)20)11-2-1-10-3-16(11)24-8-23-10/h1-7,21H,8-9H2. The topological polar surface area (TPSA) is 70.3 Å². The molecule has 0 aliphatic carbocycles. The van der Waals surface area contributed by atoms with Crippen LogP contribution in [0.5, 0.6) is 28.7 Å². The number of hydrogen-bond acceptors (Lipinski definition) is 6.